The molecule has 0 atom stereocenters. The second kappa shape index (κ2) is 11.1. The Morgan fingerprint density at radius 1 is 0.964 bits per heavy atom. The van der Waals surface area contributed by atoms with Gasteiger partial charge in [-0.3, -0.25) is 14.5 Å². The van der Waals surface area contributed by atoms with Gasteiger partial charge in [-0.25, -0.2) is 0 Å². The van der Waals surface area contributed by atoms with E-state index in [1.54, 1.807) is 19.2 Å². The maximum atomic E-state index is 12.4. The minimum Gasteiger partial charge on any atom is -0.495 e. The van der Waals surface area contributed by atoms with Crippen LogP contribution in [0.4, 0.5) is 11.4 Å². The largest absolute Gasteiger partial charge is 0.495 e. The minimum absolute atomic E-state index is 0.133. The number of carbonyl (C=O) groups excluding carboxylic acids is 2. The highest BCUT2D eigenvalue weighted by atomic mass is 16.5. The predicted molar refractivity (Wildman–Crippen MR) is 113 cm³/mol. The molecule has 0 saturated carbocycles. The van der Waals surface area contributed by atoms with Crippen LogP contribution >= 0.6 is 0 Å². The summed E-state index contributed by atoms with van der Waals surface area (Å²) in [5, 5.41) is 5.77. The van der Waals surface area contributed by atoms with Crippen LogP contribution in [0, 0.1) is 0 Å². The number of ether oxygens (including phenoxy) is 1. The van der Waals surface area contributed by atoms with Gasteiger partial charge >= 0.3 is 0 Å². The monoisotopic (exact) mass is 383 g/mol. The molecule has 0 radical (unpaired) electrons. The first-order valence-electron chi connectivity index (χ1n) is 9.59. The Bertz CT molecular complexity index is 792. The number of anilines is 2. The number of hydrogen-bond acceptors (Lipinski definition) is 4. The first kappa shape index (κ1) is 21.4. The maximum absolute atomic E-state index is 12.4. The average Bonchev–Trinajstić information content (AvgIpc) is 2.68. The van der Waals surface area contributed by atoms with Crippen molar-refractivity contribution in [1.82, 2.24) is 4.90 Å². The summed E-state index contributed by atoms with van der Waals surface area (Å²) < 4.78 is 5.26. The van der Waals surface area contributed by atoms with E-state index in [1.807, 2.05) is 48.2 Å². The van der Waals surface area contributed by atoms with Gasteiger partial charge in [-0.05, 0) is 49.2 Å². The number of hydrogen-bond donors (Lipinski definition) is 2. The first-order valence-corrected chi connectivity index (χ1v) is 9.59. The lowest BCUT2D eigenvalue weighted by molar-refractivity contribution is -0.120. The Balaban J connectivity index is 1.94. The molecule has 0 aliphatic heterocycles. The van der Waals surface area contributed by atoms with E-state index in [0.717, 1.165) is 18.5 Å². The maximum Gasteiger partial charge on any atom is 0.238 e. The van der Waals surface area contributed by atoms with Crippen molar-refractivity contribution in [3.63, 3.8) is 0 Å². The molecule has 2 aromatic rings. The van der Waals surface area contributed by atoms with Crippen LogP contribution in [0.2, 0.25) is 0 Å². The van der Waals surface area contributed by atoms with Crippen LogP contribution in [-0.2, 0) is 16.0 Å². The Morgan fingerprint density at radius 2 is 1.68 bits per heavy atom. The Morgan fingerprint density at radius 3 is 2.36 bits per heavy atom. The van der Waals surface area contributed by atoms with E-state index in [9.17, 15) is 9.59 Å². The van der Waals surface area contributed by atoms with E-state index in [0.29, 0.717) is 18.0 Å². The van der Waals surface area contributed by atoms with E-state index < -0.39 is 0 Å². The molecule has 28 heavy (non-hydrogen) atoms. The van der Waals surface area contributed by atoms with Crippen molar-refractivity contribution in [3.05, 3.63) is 54.1 Å². The molecular formula is C22H29N3O3. The van der Waals surface area contributed by atoms with Crippen molar-refractivity contribution in [1.29, 1.82) is 0 Å². The molecule has 6 nitrogen and oxygen atoms in total. The molecule has 0 aliphatic rings. The van der Waals surface area contributed by atoms with Gasteiger partial charge in [-0.1, -0.05) is 38.1 Å². The van der Waals surface area contributed by atoms with Crippen molar-refractivity contribution in [2.24, 2.45) is 0 Å². The van der Waals surface area contributed by atoms with Crippen LogP contribution in [0.3, 0.4) is 0 Å². The number of para-hydroxylation sites is 2. The molecule has 2 aromatic carbocycles. The van der Waals surface area contributed by atoms with Gasteiger partial charge in [0.15, 0.2) is 0 Å². The molecular weight excluding hydrogens is 354 g/mol. The quantitative estimate of drug-likeness (QED) is 0.658. The van der Waals surface area contributed by atoms with Gasteiger partial charge in [0.25, 0.3) is 0 Å². The highest BCUT2D eigenvalue weighted by Crippen LogP contribution is 2.22. The van der Waals surface area contributed by atoms with Crippen LogP contribution in [0.5, 0.6) is 5.75 Å². The number of nitrogens with one attached hydrogen (secondary N) is 2. The van der Waals surface area contributed by atoms with Gasteiger partial charge < -0.3 is 15.4 Å². The summed E-state index contributed by atoms with van der Waals surface area (Å²) in [6.45, 7) is 5.04. The molecule has 0 heterocycles. The molecule has 0 bridgehead atoms. The molecule has 2 N–H and O–H groups in total. The number of methoxy groups -OCH3 is 1. The normalized spacial score (nSPS) is 10.6. The van der Waals surface area contributed by atoms with Crippen molar-refractivity contribution >= 4 is 23.2 Å². The molecule has 0 unspecified atom stereocenters. The van der Waals surface area contributed by atoms with Gasteiger partial charge in [0, 0.05) is 5.69 Å². The standard InChI is InChI=1S/C22H29N3O3/c1-4-13-25(15-21(26)23-18-10-8-9-17(5-2)14-18)16-22(27)24-19-11-6-7-12-20(19)28-3/h6-12,14H,4-5,13,15-16H2,1-3H3,(H,23,26)(H,24,27). The lowest BCUT2D eigenvalue weighted by atomic mass is 10.1. The SMILES string of the molecule is CCCN(CC(=O)Nc1cccc(CC)c1)CC(=O)Nc1ccccc1OC. The third-order valence-electron chi connectivity index (χ3n) is 4.27. The van der Waals surface area contributed by atoms with Crippen LogP contribution < -0.4 is 15.4 Å². The van der Waals surface area contributed by atoms with Gasteiger partial charge in [0.1, 0.15) is 5.75 Å². The summed E-state index contributed by atoms with van der Waals surface area (Å²) in [6.07, 6.45) is 1.76. The summed E-state index contributed by atoms with van der Waals surface area (Å²) in [5.74, 6) is 0.289. The molecule has 0 fully saturated rings. The van der Waals surface area contributed by atoms with Crippen LogP contribution in [-0.4, -0.2) is 43.5 Å². The topological polar surface area (TPSA) is 70.7 Å². The predicted octanol–water partition coefficient (Wildman–Crippen LogP) is 3.55. The highest BCUT2D eigenvalue weighted by molar-refractivity contribution is 5.95. The summed E-state index contributed by atoms with van der Waals surface area (Å²) in [4.78, 5) is 26.7. The third kappa shape index (κ3) is 6.70. The summed E-state index contributed by atoms with van der Waals surface area (Å²) in [6, 6.07) is 15.0. The molecule has 0 spiro atoms. The van der Waals surface area contributed by atoms with E-state index in [-0.39, 0.29) is 24.9 Å². The summed E-state index contributed by atoms with van der Waals surface area (Å²) in [7, 11) is 1.56. The molecule has 0 aliphatic carbocycles. The molecule has 0 saturated heterocycles. The van der Waals surface area contributed by atoms with Crippen LogP contribution in [0.25, 0.3) is 0 Å². The zero-order valence-corrected chi connectivity index (χ0v) is 16.8. The van der Waals surface area contributed by atoms with Gasteiger partial charge in [-0.2, -0.15) is 0 Å². The molecule has 150 valence electrons. The zero-order chi connectivity index (χ0) is 20.4. The highest BCUT2D eigenvalue weighted by Gasteiger charge is 2.15. The number of nitrogens with zero attached hydrogens (tertiary/aromatic N) is 1. The zero-order valence-electron chi connectivity index (χ0n) is 16.8. The van der Waals surface area contributed by atoms with E-state index >= 15 is 0 Å². The number of carbonyl (C=O) groups is 2. The fourth-order valence-corrected chi connectivity index (χ4v) is 2.94. The number of amides is 2. The molecule has 0 aromatic heterocycles. The van der Waals surface area contributed by atoms with Crippen molar-refractivity contribution in [2.45, 2.75) is 26.7 Å². The molecule has 2 amide bonds. The molecule has 2 rings (SSSR count). The Hall–Kier alpha value is -2.86. The van der Waals surface area contributed by atoms with Gasteiger partial charge in [-0.15, -0.1) is 0 Å². The lowest BCUT2D eigenvalue weighted by Crippen LogP contribution is -2.39. The summed E-state index contributed by atoms with van der Waals surface area (Å²) in [5.41, 5.74) is 2.56. The minimum atomic E-state index is -0.182. The molecule has 6 heteroatoms. The van der Waals surface area contributed by atoms with Gasteiger partial charge in [0.2, 0.25) is 11.8 Å². The van der Waals surface area contributed by atoms with E-state index in [4.69, 9.17) is 4.74 Å². The fourth-order valence-electron chi connectivity index (χ4n) is 2.94. The second-order valence-corrected chi connectivity index (χ2v) is 6.56. The number of aryl methyl sites for hydroxylation is 1. The Kier molecular flexibility index (Phi) is 8.49. The number of benzene rings is 2. The Labute approximate surface area is 166 Å². The summed E-state index contributed by atoms with van der Waals surface area (Å²) >= 11 is 0. The van der Waals surface area contributed by atoms with Crippen LogP contribution in [0.15, 0.2) is 48.5 Å². The van der Waals surface area contributed by atoms with Crippen molar-refractivity contribution < 1.29 is 14.3 Å². The first-order chi connectivity index (χ1) is 13.5. The number of rotatable bonds is 10. The van der Waals surface area contributed by atoms with Crippen LogP contribution in [0.1, 0.15) is 25.8 Å². The van der Waals surface area contributed by atoms with Gasteiger partial charge in [0.05, 0.1) is 25.9 Å². The van der Waals surface area contributed by atoms with Crippen molar-refractivity contribution in [2.75, 3.05) is 37.4 Å². The smallest absolute Gasteiger partial charge is 0.238 e. The second-order valence-electron chi connectivity index (χ2n) is 6.56. The third-order valence-corrected chi connectivity index (χ3v) is 4.27. The average molecular weight is 383 g/mol. The lowest BCUT2D eigenvalue weighted by Gasteiger charge is -2.21. The fraction of sp³-hybridized carbons (Fsp3) is 0.364. The van der Waals surface area contributed by atoms with Crippen molar-refractivity contribution in [3.8, 4) is 5.75 Å². The van der Waals surface area contributed by atoms with E-state index in [2.05, 4.69) is 17.6 Å². The van der Waals surface area contributed by atoms with E-state index in [1.165, 1.54) is 5.56 Å².